The number of rotatable bonds is 6. The first-order chi connectivity index (χ1) is 12.4. The highest BCUT2D eigenvalue weighted by Gasteiger charge is 2.33. The summed E-state index contributed by atoms with van der Waals surface area (Å²) in [5, 5.41) is 10.2. The molecule has 1 saturated heterocycles. The van der Waals surface area contributed by atoms with Crippen molar-refractivity contribution in [2.45, 2.75) is 38.9 Å². The lowest BCUT2D eigenvalue weighted by molar-refractivity contribution is -0.142. The molecule has 2 unspecified atom stereocenters. The van der Waals surface area contributed by atoms with E-state index in [9.17, 15) is 19.2 Å². The fourth-order valence-electron chi connectivity index (χ4n) is 2.52. The molecule has 0 aliphatic carbocycles. The van der Waals surface area contributed by atoms with E-state index in [1.807, 2.05) is 6.07 Å². The monoisotopic (exact) mass is 361 g/mol. The van der Waals surface area contributed by atoms with Crippen molar-refractivity contribution in [1.82, 2.24) is 26.3 Å². The zero-order valence-corrected chi connectivity index (χ0v) is 14.7. The topological polar surface area (TPSA) is 129 Å². The molecule has 0 radical (unpaired) electrons. The van der Waals surface area contributed by atoms with Crippen LogP contribution < -0.4 is 21.3 Å². The van der Waals surface area contributed by atoms with E-state index in [2.05, 4.69) is 26.3 Å². The number of nitrogens with zero attached hydrogens (tertiary/aromatic N) is 1. The fourth-order valence-corrected chi connectivity index (χ4v) is 2.52. The molecule has 2 rings (SSSR count). The molecule has 1 aromatic rings. The summed E-state index contributed by atoms with van der Waals surface area (Å²) in [5.41, 5.74) is 0.826. The standard InChI is InChI=1S/C17H23N5O4/c1-10(2)13(15(24)21-12-5-7-19-16(25)14(12)23)22-17(26)20-9-11-4-3-6-18-8-11/h3-4,6,8,10,12-13H,5,7,9H2,1-2H3,(H,19,25)(H,21,24)(H2,20,22,26). The van der Waals surface area contributed by atoms with Gasteiger partial charge in [-0.05, 0) is 24.0 Å². The molecule has 0 bridgehead atoms. The molecule has 2 heterocycles. The average molecular weight is 361 g/mol. The smallest absolute Gasteiger partial charge is 0.315 e. The van der Waals surface area contributed by atoms with Gasteiger partial charge in [0, 0.05) is 25.5 Å². The predicted molar refractivity (Wildman–Crippen MR) is 92.8 cm³/mol. The molecular formula is C17H23N5O4. The van der Waals surface area contributed by atoms with Crippen molar-refractivity contribution in [1.29, 1.82) is 0 Å². The van der Waals surface area contributed by atoms with Gasteiger partial charge in [-0.1, -0.05) is 19.9 Å². The number of aromatic nitrogens is 1. The van der Waals surface area contributed by atoms with Gasteiger partial charge in [0.1, 0.15) is 6.04 Å². The number of hydrogen-bond donors (Lipinski definition) is 4. The second-order valence-electron chi connectivity index (χ2n) is 6.38. The van der Waals surface area contributed by atoms with Crippen molar-refractivity contribution in [3.05, 3.63) is 30.1 Å². The summed E-state index contributed by atoms with van der Waals surface area (Å²) in [6.07, 6.45) is 3.59. The Morgan fingerprint density at radius 2 is 2.12 bits per heavy atom. The van der Waals surface area contributed by atoms with Crippen LogP contribution in [0, 0.1) is 5.92 Å². The van der Waals surface area contributed by atoms with E-state index < -0.39 is 35.7 Å². The lowest BCUT2D eigenvalue weighted by atomic mass is 10.0. The number of amides is 4. The van der Waals surface area contributed by atoms with Crippen LogP contribution in [0.2, 0.25) is 0 Å². The Morgan fingerprint density at radius 3 is 2.77 bits per heavy atom. The van der Waals surface area contributed by atoms with E-state index in [1.54, 1.807) is 32.3 Å². The third-order valence-corrected chi connectivity index (χ3v) is 3.99. The molecule has 26 heavy (non-hydrogen) atoms. The van der Waals surface area contributed by atoms with Crippen LogP contribution >= 0.6 is 0 Å². The Hall–Kier alpha value is -2.97. The second kappa shape index (κ2) is 8.93. The molecule has 1 aliphatic heterocycles. The van der Waals surface area contributed by atoms with Crippen LogP contribution in [0.25, 0.3) is 0 Å². The number of pyridine rings is 1. The van der Waals surface area contributed by atoms with Crippen molar-refractivity contribution >= 4 is 23.6 Å². The Morgan fingerprint density at radius 1 is 1.35 bits per heavy atom. The van der Waals surface area contributed by atoms with Crippen molar-refractivity contribution in [2.24, 2.45) is 5.92 Å². The van der Waals surface area contributed by atoms with Crippen LogP contribution in [-0.4, -0.2) is 47.2 Å². The van der Waals surface area contributed by atoms with Crippen molar-refractivity contribution < 1.29 is 19.2 Å². The minimum absolute atomic E-state index is 0.202. The summed E-state index contributed by atoms with van der Waals surface area (Å²) in [5.74, 6) is -2.07. The SMILES string of the molecule is CC(C)C(NC(=O)NCc1cccnc1)C(=O)NC1CCNC(=O)C1=O. The minimum Gasteiger partial charge on any atom is -0.349 e. The number of Topliss-reactive ketones (excluding diaryl/α,β-unsaturated/α-hetero) is 1. The van der Waals surface area contributed by atoms with Gasteiger partial charge in [0.2, 0.25) is 11.7 Å². The molecule has 1 aromatic heterocycles. The molecule has 4 amide bonds. The molecule has 0 saturated carbocycles. The zero-order valence-electron chi connectivity index (χ0n) is 14.7. The van der Waals surface area contributed by atoms with Crippen LogP contribution in [0.4, 0.5) is 4.79 Å². The summed E-state index contributed by atoms with van der Waals surface area (Å²) in [4.78, 5) is 51.7. The molecule has 2 atom stereocenters. The molecule has 9 heteroatoms. The maximum absolute atomic E-state index is 12.5. The van der Waals surface area contributed by atoms with Crippen molar-refractivity contribution in [2.75, 3.05) is 6.54 Å². The first-order valence-corrected chi connectivity index (χ1v) is 8.44. The van der Waals surface area contributed by atoms with Crippen molar-refractivity contribution in [3.63, 3.8) is 0 Å². The molecule has 9 nitrogen and oxygen atoms in total. The number of urea groups is 1. The number of carbonyl (C=O) groups is 4. The maximum atomic E-state index is 12.5. The number of carbonyl (C=O) groups excluding carboxylic acids is 4. The van der Waals surface area contributed by atoms with E-state index in [-0.39, 0.29) is 12.5 Å². The molecule has 140 valence electrons. The number of nitrogens with one attached hydrogen (secondary N) is 4. The van der Waals surface area contributed by atoms with Crippen LogP contribution in [0.15, 0.2) is 24.5 Å². The lowest BCUT2D eigenvalue weighted by Gasteiger charge is -2.26. The van der Waals surface area contributed by atoms with E-state index >= 15 is 0 Å². The Labute approximate surface area is 151 Å². The summed E-state index contributed by atoms with van der Waals surface area (Å²) in [7, 11) is 0. The highest BCUT2D eigenvalue weighted by molar-refractivity contribution is 6.39. The van der Waals surface area contributed by atoms with Gasteiger partial charge in [0.15, 0.2) is 0 Å². The lowest BCUT2D eigenvalue weighted by Crippen LogP contribution is -2.58. The third kappa shape index (κ3) is 5.27. The van der Waals surface area contributed by atoms with Crippen molar-refractivity contribution in [3.8, 4) is 0 Å². The minimum atomic E-state index is -0.863. The summed E-state index contributed by atoms with van der Waals surface area (Å²) >= 11 is 0. The van der Waals surface area contributed by atoms with Gasteiger partial charge in [0.25, 0.3) is 5.91 Å². The van der Waals surface area contributed by atoms with Crippen LogP contribution in [-0.2, 0) is 20.9 Å². The Kier molecular flexibility index (Phi) is 6.65. The largest absolute Gasteiger partial charge is 0.349 e. The van der Waals surface area contributed by atoms with Gasteiger partial charge in [-0.3, -0.25) is 19.4 Å². The van der Waals surface area contributed by atoms with Crippen LogP contribution in [0.3, 0.4) is 0 Å². The van der Waals surface area contributed by atoms with E-state index in [0.29, 0.717) is 13.0 Å². The highest BCUT2D eigenvalue weighted by Crippen LogP contribution is 2.06. The normalized spacial score (nSPS) is 18.0. The van der Waals surface area contributed by atoms with E-state index in [4.69, 9.17) is 0 Å². The average Bonchev–Trinajstić information content (AvgIpc) is 2.62. The highest BCUT2D eigenvalue weighted by atomic mass is 16.2. The molecule has 1 aliphatic rings. The Bertz CT molecular complexity index is 677. The van der Waals surface area contributed by atoms with Crippen LogP contribution in [0.1, 0.15) is 25.8 Å². The van der Waals surface area contributed by atoms with E-state index in [1.165, 1.54) is 0 Å². The zero-order chi connectivity index (χ0) is 19.1. The molecule has 0 spiro atoms. The number of hydrogen-bond acceptors (Lipinski definition) is 5. The third-order valence-electron chi connectivity index (χ3n) is 3.99. The van der Waals surface area contributed by atoms with Gasteiger partial charge >= 0.3 is 6.03 Å². The van der Waals surface area contributed by atoms with Gasteiger partial charge in [-0.25, -0.2) is 4.79 Å². The van der Waals surface area contributed by atoms with Crippen LogP contribution in [0.5, 0.6) is 0 Å². The first kappa shape index (κ1) is 19.4. The summed E-state index contributed by atoms with van der Waals surface area (Å²) in [6.45, 7) is 4.15. The summed E-state index contributed by atoms with van der Waals surface area (Å²) in [6, 6.07) is 1.38. The first-order valence-electron chi connectivity index (χ1n) is 8.44. The molecule has 0 aromatic carbocycles. The molecule has 4 N–H and O–H groups in total. The predicted octanol–water partition coefficient (Wildman–Crippen LogP) is -0.521. The van der Waals surface area contributed by atoms with Gasteiger partial charge < -0.3 is 21.3 Å². The maximum Gasteiger partial charge on any atom is 0.315 e. The number of piperidine rings is 1. The Balaban J connectivity index is 1.90. The molecular weight excluding hydrogens is 338 g/mol. The van der Waals surface area contributed by atoms with Gasteiger partial charge in [0.05, 0.1) is 6.04 Å². The quantitative estimate of drug-likeness (QED) is 0.507. The van der Waals surface area contributed by atoms with Gasteiger partial charge in [-0.15, -0.1) is 0 Å². The summed E-state index contributed by atoms with van der Waals surface area (Å²) < 4.78 is 0. The van der Waals surface area contributed by atoms with E-state index in [0.717, 1.165) is 5.56 Å². The number of ketones is 1. The fraction of sp³-hybridized carbons (Fsp3) is 0.471. The second-order valence-corrected chi connectivity index (χ2v) is 6.38. The van der Waals surface area contributed by atoms with Gasteiger partial charge in [-0.2, -0.15) is 0 Å². The molecule has 1 fully saturated rings.